The number of hydrogen-bond acceptors (Lipinski definition) is 1. The molecule has 0 fully saturated rings. The Morgan fingerprint density at radius 2 is 2.14 bits per heavy atom. The van der Waals surface area contributed by atoms with E-state index in [2.05, 4.69) is 31.3 Å². The molecule has 0 aliphatic carbocycles. The minimum atomic E-state index is 0.904. The fourth-order valence-electron chi connectivity index (χ4n) is 1.44. The number of nitrogens with one attached hydrogen (secondary N) is 1. The van der Waals surface area contributed by atoms with Crippen molar-refractivity contribution in [1.29, 1.82) is 0 Å². The van der Waals surface area contributed by atoms with Crippen LogP contribution in [0.15, 0.2) is 18.2 Å². The maximum atomic E-state index is 6.12. The molecule has 0 atom stereocenters. The van der Waals surface area contributed by atoms with Crippen LogP contribution in [0.4, 0.5) is 0 Å². The van der Waals surface area contributed by atoms with E-state index < -0.39 is 0 Å². The van der Waals surface area contributed by atoms with E-state index in [1.54, 1.807) is 0 Å². The Balaban J connectivity index is 2.42. The zero-order valence-corrected chi connectivity index (χ0v) is 9.69. The Labute approximate surface area is 91.5 Å². The molecular formula is C12H18ClN. The Morgan fingerprint density at radius 3 is 2.79 bits per heavy atom. The van der Waals surface area contributed by atoms with E-state index in [0.29, 0.717) is 0 Å². The molecule has 0 radical (unpaired) electrons. The molecule has 2 heteroatoms. The summed E-state index contributed by atoms with van der Waals surface area (Å²) in [6.45, 7) is 6.30. The van der Waals surface area contributed by atoms with E-state index in [-0.39, 0.29) is 0 Å². The van der Waals surface area contributed by atoms with E-state index >= 15 is 0 Å². The van der Waals surface area contributed by atoms with Crippen LogP contribution < -0.4 is 5.32 Å². The molecule has 14 heavy (non-hydrogen) atoms. The molecule has 0 spiro atoms. The molecule has 0 aliphatic heterocycles. The lowest BCUT2D eigenvalue weighted by Gasteiger charge is -2.05. The van der Waals surface area contributed by atoms with Crippen LogP contribution in [0, 0.1) is 6.92 Å². The minimum Gasteiger partial charge on any atom is -0.317 e. The molecule has 0 aliphatic rings. The Bertz CT molecular complexity index is 284. The summed E-state index contributed by atoms with van der Waals surface area (Å²) in [5.41, 5.74) is 2.49. The second kappa shape index (κ2) is 6.05. The number of halogens is 1. The molecule has 0 aromatic heterocycles. The van der Waals surface area contributed by atoms with Crippen molar-refractivity contribution < 1.29 is 0 Å². The van der Waals surface area contributed by atoms with Crippen molar-refractivity contribution >= 4 is 11.6 Å². The van der Waals surface area contributed by atoms with E-state index in [1.807, 2.05) is 6.07 Å². The predicted octanol–water partition coefficient (Wildman–Crippen LogP) is 3.19. The van der Waals surface area contributed by atoms with Crippen molar-refractivity contribution in [2.45, 2.75) is 26.7 Å². The van der Waals surface area contributed by atoms with E-state index in [0.717, 1.165) is 31.0 Å². The topological polar surface area (TPSA) is 12.0 Å². The molecule has 0 unspecified atom stereocenters. The Kier molecular flexibility index (Phi) is 4.99. The van der Waals surface area contributed by atoms with Crippen LogP contribution in [0.5, 0.6) is 0 Å². The summed E-state index contributed by atoms with van der Waals surface area (Å²) in [6, 6.07) is 6.28. The van der Waals surface area contributed by atoms with Gasteiger partial charge < -0.3 is 5.32 Å². The third-order valence-electron chi connectivity index (χ3n) is 2.26. The van der Waals surface area contributed by atoms with E-state index in [1.165, 1.54) is 11.1 Å². The second-order valence-corrected chi connectivity index (χ2v) is 3.96. The summed E-state index contributed by atoms with van der Waals surface area (Å²) in [5.74, 6) is 0. The first-order valence-corrected chi connectivity index (χ1v) is 5.57. The summed E-state index contributed by atoms with van der Waals surface area (Å²) in [5, 5.41) is 4.21. The van der Waals surface area contributed by atoms with Gasteiger partial charge in [0.1, 0.15) is 0 Å². The average Bonchev–Trinajstić information content (AvgIpc) is 2.15. The van der Waals surface area contributed by atoms with Crippen molar-refractivity contribution in [1.82, 2.24) is 5.32 Å². The van der Waals surface area contributed by atoms with Gasteiger partial charge in [0.2, 0.25) is 0 Å². The first-order chi connectivity index (χ1) is 6.74. The van der Waals surface area contributed by atoms with Gasteiger partial charge >= 0.3 is 0 Å². The molecule has 0 amide bonds. The van der Waals surface area contributed by atoms with Gasteiger partial charge in [0.25, 0.3) is 0 Å². The second-order valence-electron chi connectivity index (χ2n) is 3.55. The molecule has 1 N–H and O–H groups in total. The molecular weight excluding hydrogens is 194 g/mol. The van der Waals surface area contributed by atoms with Gasteiger partial charge in [-0.2, -0.15) is 0 Å². The molecule has 0 saturated carbocycles. The van der Waals surface area contributed by atoms with Crippen molar-refractivity contribution in [3.63, 3.8) is 0 Å². The lowest BCUT2D eigenvalue weighted by molar-refractivity contribution is 0.672. The summed E-state index contributed by atoms with van der Waals surface area (Å²) >= 11 is 6.12. The molecule has 0 saturated heterocycles. The van der Waals surface area contributed by atoms with Crippen LogP contribution >= 0.6 is 11.6 Å². The third-order valence-corrected chi connectivity index (χ3v) is 2.61. The third kappa shape index (κ3) is 3.69. The summed E-state index contributed by atoms with van der Waals surface area (Å²) < 4.78 is 0. The average molecular weight is 212 g/mol. The Morgan fingerprint density at radius 1 is 1.36 bits per heavy atom. The first-order valence-electron chi connectivity index (χ1n) is 5.19. The number of hydrogen-bond donors (Lipinski definition) is 1. The van der Waals surface area contributed by atoms with Gasteiger partial charge in [-0.15, -0.1) is 0 Å². The van der Waals surface area contributed by atoms with Crippen molar-refractivity contribution in [3.05, 3.63) is 34.3 Å². The summed E-state index contributed by atoms with van der Waals surface area (Å²) in [4.78, 5) is 0. The molecule has 0 bridgehead atoms. The smallest absolute Gasteiger partial charge is 0.0440 e. The van der Waals surface area contributed by atoms with Gasteiger partial charge in [-0.1, -0.05) is 30.7 Å². The maximum Gasteiger partial charge on any atom is 0.0440 e. The van der Waals surface area contributed by atoms with Crippen molar-refractivity contribution in [2.24, 2.45) is 0 Å². The largest absolute Gasteiger partial charge is 0.317 e. The molecule has 0 heterocycles. The molecule has 1 nitrogen and oxygen atoms in total. The molecule has 1 aromatic carbocycles. The summed E-state index contributed by atoms with van der Waals surface area (Å²) in [7, 11) is 0. The molecule has 78 valence electrons. The highest BCUT2D eigenvalue weighted by Crippen LogP contribution is 2.18. The van der Waals surface area contributed by atoms with Crippen LogP contribution in [0.3, 0.4) is 0 Å². The van der Waals surface area contributed by atoms with Crippen molar-refractivity contribution in [2.75, 3.05) is 13.1 Å². The highest BCUT2D eigenvalue weighted by atomic mass is 35.5. The highest BCUT2D eigenvalue weighted by molar-refractivity contribution is 6.31. The summed E-state index contributed by atoms with van der Waals surface area (Å²) in [6.07, 6.45) is 2.21. The van der Waals surface area contributed by atoms with Crippen LogP contribution in [0.25, 0.3) is 0 Å². The van der Waals surface area contributed by atoms with Gasteiger partial charge in [-0.05, 0) is 50.0 Å². The van der Waals surface area contributed by atoms with Crippen LogP contribution in [0.2, 0.25) is 5.02 Å². The van der Waals surface area contributed by atoms with Gasteiger partial charge in [0.05, 0.1) is 0 Å². The monoisotopic (exact) mass is 211 g/mol. The Hall–Kier alpha value is -0.530. The van der Waals surface area contributed by atoms with E-state index in [9.17, 15) is 0 Å². The number of benzene rings is 1. The normalized spacial score (nSPS) is 10.5. The highest BCUT2D eigenvalue weighted by Gasteiger charge is 1.99. The first kappa shape index (κ1) is 11.5. The SMILES string of the molecule is CCNCCCc1ccc(C)cc1Cl. The van der Waals surface area contributed by atoms with Crippen LogP contribution in [-0.4, -0.2) is 13.1 Å². The van der Waals surface area contributed by atoms with Gasteiger partial charge in [0, 0.05) is 5.02 Å². The lowest BCUT2D eigenvalue weighted by atomic mass is 10.1. The maximum absolute atomic E-state index is 6.12. The molecule has 1 rings (SSSR count). The number of aryl methyl sites for hydroxylation is 2. The van der Waals surface area contributed by atoms with Gasteiger partial charge in [0.15, 0.2) is 0 Å². The number of rotatable bonds is 5. The van der Waals surface area contributed by atoms with Gasteiger partial charge in [-0.25, -0.2) is 0 Å². The fraction of sp³-hybridized carbons (Fsp3) is 0.500. The quantitative estimate of drug-likeness (QED) is 0.738. The zero-order valence-electron chi connectivity index (χ0n) is 8.94. The molecule has 1 aromatic rings. The lowest BCUT2D eigenvalue weighted by Crippen LogP contribution is -2.14. The van der Waals surface area contributed by atoms with Gasteiger partial charge in [-0.3, -0.25) is 0 Å². The van der Waals surface area contributed by atoms with Crippen molar-refractivity contribution in [3.8, 4) is 0 Å². The van der Waals surface area contributed by atoms with Crippen LogP contribution in [0.1, 0.15) is 24.5 Å². The predicted molar refractivity (Wildman–Crippen MR) is 63.1 cm³/mol. The minimum absolute atomic E-state index is 0.904. The standard InChI is InChI=1S/C12H18ClN/c1-3-14-8-4-5-11-7-6-10(2)9-12(11)13/h6-7,9,14H,3-5,8H2,1-2H3. The zero-order chi connectivity index (χ0) is 10.4. The fourth-order valence-corrected chi connectivity index (χ4v) is 1.77. The van der Waals surface area contributed by atoms with E-state index in [4.69, 9.17) is 11.6 Å². The van der Waals surface area contributed by atoms with Crippen LogP contribution in [-0.2, 0) is 6.42 Å².